The molecular weight excluding hydrogens is 624 g/mol. The average Bonchev–Trinajstić information content (AvgIpc) is 4.01. The molecular formula is C36H47ClN2O6S. The fourth-order valence-corrected chi connectivity index (χ4v) is 7.16. The van der Waals surface area contributed by atoms with Crippen LogP contribution in [0.4, 0.5) is 0 Å². The number of rotatable bonds is 19. The molecule has 46 heavy (non-hydrogen) atoms. The third-order valence-electron chi connectivity index (χ3n) is 9.16. The second-order valence-electron chi connectivity index (χ2n) is 12.9. The molecule has 2 fully saturated rings. The normalized spacial score (nSPS) is 18.3. The summed E-state index contributed by atoms with van der Waals surface area (Å²) in [6.45, 7) is 0.170. The van der Waals surface area contributed by atoms with Gasteiger partial charge in [0, 0.05) is 34.4 Å². The Morgan fingerprint density at radius 3 is 2.50 bits per heavy atom. The van der Waals surface area contributed by atoms with Crippen LogP contribution < -0.4 is 4.74 Å². The molecule has 0 spiro atoms. The van der Waals surface area contributed by atoms with E-state index in [1.165, 1.54) is 21.6 Å². The fourth-order valence-electron chi connectivity index (χ4n) is 5.98. The molecule has 2 saturated carbocycles. The van der Waals surface area contributed by atoms with E-state index in [0.717, 1.165) is 73.5 Å². The number of halogens is 1. The van der Waals surface area contributed by atoms with Crippen LogP contribution in [0.25, 0.3) is 11.1 Å². The van der Waals surface area contributed by atoms with Crippen LogP contribution in [0, 0.1) is 0 Å². The van der Waals surface area contributed by atoms with Crippen LogP contribution in [0.15, 0.2) is 65.8 Å². The van der Waals surface area contributed by atoms with Gasteiger partial charge in [-0.05, 0) is 123 Å². The maximum Gasteiger partial charge on any atom is 0.127 e. The number of hydrogen-bond donors (Lipinski definition) is 5. The first kappa shape index (κ1) is 35.1. The van der Waals surface area contributed by atoms with Crippen molar-refractivity contribution in [3.63, 3.8) is 0 Å². The number of thioether (sulfide) groups is 1. The summed E-state index contributed by atoms with van der Waals surface area (Å²) in [6.07, 6.45) is 6.69. The summed E-state index contributed by atoms with van der Waals surface area (Å²) in [4.78, 5) is 7.62. The van der Waals surface area contributed by atoms with Crippen molar-refractivity contribution in [2.45, 2.75) is 92.2 Å². The van der Waals surface area contributed by atoms with Crippen LogP contribution in [0.2, 0.25) is 5.02 Å². The highest BCUT2D eigenvalue weighted by atomic mass is 35.5. The Hall–Kier alpha value is -2.21. The van der Waals surface area contributed by atoms with Gasteiger partial charge < -0.3 is 35.2 Å². The Kier molecular flexibility index (Phi) is 12.4. The van der Waals surface area contributed by atoms with E-state index in [1.807, 2.05) is 30.3 Å². The highest BCUT2D eigenvalue weighted by Crippen LogP contribution is 2.55. The molecule has 1 heterocycles. The minimum Gasteiger partial charge on any atom is -0.490 e. The standard InChI is InChI=1S/C36H47ClN2O6S/c1-39(22-31(41)34(43)35(44)32(42)23-40)18-4-5-19-46-26-10-11-30(37)24(20-26)12-14-36(15-16-36)29-21-38-17-13-27(29)28-6-2-3-7-33(28)45-25-8-9-25/h2-3,6-7,10-11,13,17,20-21,25,31-32,34-35,40-44H,4-5,8-9,12,14-16,18-19,22-23H2,1H3/t31-,32+,34-,35-/m1/s1. The van der Waals surface area contributed by atoms with E-state index in [0.29, 0.717) is 12.6 Å². The molecule has 4 atom stereocenters. The van der Waals surface area contributed by atoms with Gasteiger partial charge in [-0.1, -0.05) is 29.8 Å². The molecule has 2 aliphatic carbocycles. The Balaban J connectivity index is 1.11. The maximum absolute atomic E-state index is 10.2. The molecule has 2 aromatic carbocycles. The minimum atomic E-state index is -1.61. The zero-order valence-electron chi connectivity index (χ0n) is 26.5. The van der Waals surface area contributed by atoms with Gasteiger partial charge in [-0.25, -0.2) is 0 Å². The van der Waals surface area contributed by atoms with Crippen molar-refractivity contribution in [3.05, 3.63) is 77.1 Å². The molecule has 5 N–H and O–H groups in total. The number of benzene rings is 2. The number of ether oxygens (including phenoxy) is 1. The number of aryl methyl sites for hydroxylation is 1. The summed E-state index contributed by atoms with van der Waals surface area (Å²) in [5.74, 6) is 1.89. The van der Waals surface area contributed by atoms with Crippen molar-refractivity contribution in [3.8, 4) is 16.9 Å². The molecule has 1 aromatic heterocycles. The van der Waals surface area contributed by atoms with Crippen LogP contribution >= 0.6 is 23.4 Å². The van der Waals surface area contributed by atoms with Gasteiger partial charge in [0.15, 0.2) is 0 Å². The van der Waals surface area contributed by atoms with E-state index in [9.17, 15) is 20.4 Å². The number of likely N-dealkylation sites (N-methyl/N-ethyl adjacent to an activating group) is 1. The monoisotopic (exact) mass is 670 g/mol. The number of pyridine rings is 1. The van der Waals surface area contributed by atoms with Gasteiger partial charge in [0.25, 0.3) is 0 Å². The average molecular weight is 671 g/mol. The second-order valence-corrected chi connectivity index (χ2v) is 14.5. The van der Waals surface area contributed by atoms with Crippen molar-refractivity contribution in [2.75, 3.05) is 32.5 Å². The van der Waals surface area contributed by atoms with Crippen LogP contribution in [0.3, 0.4) is 0 Å². The third-order valence-corrected chi connectivity index (χ3v) is 10.6. The summed E-state index contributed by atoms with van der Waals surface area (Å²) >= 11 is 8.50. The molecule has 8 nitrogen and oxygen atoms in total. The van der Waals surface area contributed by atoms with Crippen molar-refractivity contribution >= 4 is 23.4 Å². The molecule has 0 bridgehead atoms. The highest BCUT2D eigenvalue weighted by molar-refractivity contribution is 7.99. The number of para-hydroxylation sites is 1. The summed E-state index contributed by atoms with van der Waals surface area (Å²) in [6, 6.07) is 16.8. The maximum atomic E-state index is 10.2. The second kappa shape index (κ2) is 16.3. The first-order valence-corrected chi connectivity index (χ1v) is 17.7. The molecule has 3 aromatic rings. The van der Waals surface area contributed by atoms with E-state index >= 15 is 0 Å². The van der Waals surface area contributed by atoms with Crippen LogP contribution in [0.5, 0.6) is 5.75 Å². The lowest BCUT2D eigenvalue weighted by molar-refractivity contribution is -0.118. The third kappa shape index (κ3) is 9.23. The number of unbranched alkanes of at least 4 members (excludes halogenated alkanes) is 1. The number of aliphatic hydroxyl groups excluding tert-OH is 5. The van der Waals surface area contributed by atoms with Gasteiger partial charge in [0.1, 0.15) is 24.1 Å². The molecule has 2 aliphatic rings. The first-order valence-electron chi connectivity index (χ1n) is 16.3. The number of aliphatic hydroxyl groups is 5. The number of nitrogens with zero attached hydrogens (tertiary/aromatic N) is 2. The molecule has 0 amide bonds. The van der Waals surface area contributed by atoms with E-state index in [1.54, 1.807) is 11.8 Å². The zero-order chi connectivity index (χ0) is 32.7. The van der Waals surface area contributed by atoms with Gasteiger partial charge in [0.2, 0.25) is 0 Å². The summed E-state index contributed by atoms with van der Waals surface area (Å²) in [7, 11) is 1.84. The quantitative estimate of drug-likeness (QED) is 0.0899. The smallest absolute Gasteiger partial charge is 0.127 e. The summed E-state index contributed by atoms with van der Waals surface area (Å²) < 4.78 is 6.27. The Morgan fingerprint density at radius 1 is 1.00 bits per heavy atom. The lowest BCUT2D eigenvalue weighted by Gasteiger charge is -2.28. The van der Waals surface area contributed by atoms with Crippen molar-refractivity contribution < 1.29 is 30.3 Å². The lowest BCUT2D eigenvalue weighted by Crippen LogP contribution is -2.49. The van der Waals surface area contributed by atoms with E-state index in [-0.39, 0.29) is 12.0 Å². The Morgan fingerprint density at radius 2 is 1.76 bits per heavy atom. The zero-order valence-corrected chi connectivity index (χ0v) is 28.0. The number of hydrogen-bond acceptors (Lipinski definition) is 9. The molecule has 0 unspecified atom stereocenters. The largest absolute Gasteiger partial charge is 0.490 e. The first-order chi connectivity index (χ1) is 22.2. The minimum absolute atomic E-state index is 0.0924. The highest BCUT2D eigenvalue weighted by Gasteiger charge is 2.45. The predicted molar refractivity (Wildman–Crippen MR) is 183 cm³/mol. The van der Waals surface area contributed by atoms with Crippen LogP contribution in [0.1, 0.15) is 56.1 Å². The van der Waals surface area contributed by atoms with Crippen LogP contribution in [-0.4, -0.2) is 98.4 Å². The van der Waals surface area contributed by atoms with Gasteiger partial charge in [0.05, 0.1) is 18.8 Å². The Labute approximate surface area is 281 Å². The van der Waals surface area contributed by atoms with Gasteiger partial charge >= 0.3 is 0 Å². The fraction of sp³-hybridized carbons (Fsp3) is 0.528. The lowest BCUT2D eigenvalue weighted by atomic mass is 9.85. The molecule has 0 aliphatic heterocycles. The summed E-state index contributed by atoms with van der Waals surface area (Å²) in [5.41, 5.74) is 4.92. The molecule has 0 radical (unpaired) electrons. The molecule has 5 rings (SSSR count). The predicted octanol–water partition coefficient (Wildman–Crippen LogP) is 4.85. The summed E-state index contributed by atoms with van der Waals surface area (Å²) in [5, 5.41) is 49.3. The topological polar surface area (TPSA) is 127 Å². The van der Waals surface area contributed by atoms with Gasteiger partial charge in [-0.2, -0.15) is 0 Å². The van der Waals surface area contributed by atoms with Gasteiger partial charge in [-0.3, -0.25) is 4.98 Å². The van der Waals surface area contributed by atoms with E-state index < -0.39 is 31.0 Å². The van der Waals surface area contributed by atoms with E-state index in [4.69, 9.17) is 21.4 Å². The van der Waals surface area contributed by atoms with Crippen molar-refractivity contribution in [2.24, 2.45) is 0 Å². The SMILES string of the molecule is CN(CCCCSc1ccc(Cl)c(CCC2(c3cnccc3-c3ccccc3OC3CC3)CC2)c1)C[C@@H](O)[C@@H](O)[C@H](O)[C@@H](O)CO. The Bertz CT molecular complexity index is 1420. The molecule has 250 valence electrons. The molecule has 10 heteroatoms. The number of aromatic nitrogens is 1. The van der Waals surface area contributed by atoms with Gasteiger partial charge in [-0.15, -0.1) is 11.8 Å². The van der Waals surface area contributed by atoms with Crippen molar-refractivity contribution in [1.82, 2.24) is 9.88 Å². The van der Waals surface area contributed by atoms with Crippen LogP contribution in [-0.2, 0) is 11.8 Å². The van der Waals surface area contributed by atoms with E-state index in [2.05, 4.69) is 47.6 Å². The molecule has 0 saturated heterocycles. The van der Waals surface area contributed by atoms with Crippen molar-refractivity contribution in [1.29, 1.82) is 0 Å².